The quantitative estimate of drug-likeness (QED) is 0.671. The number of benzene rings is 1. The first-order valence-corrected chi connectivity index (χ1v) is 7.30. The van der Waals surface area contributed by atoms with Crippen molar-refractivity contribution in [1.82, 2.24) is 9.55 Å². The van der Waals surface area contributed by atoms with Crippen LogP contribution in [0.1, 0.15) is 0 Å². The van der Waals surface area contributed by atoms with Crippen molar-refractivity contribution in [2.24, 2.45) is 0 Å². The average Bonchev–Trinajstić information content (AvgIpc) is 2.82. The normalized spacial score (nSPS) is 11.1. The molecule has 0 saturated heterocycles. The van der Waals surface area contributed by atoms with Gasteiger partial charge in [-0.15, -0.1) is 11.3 Å². The molecule has 3 nitrogen and oxygen atoms in total. The zero-order chi connectivity index (χ0) is 13.6. The molecule has 2 heterocycles. The zero-order valence-corrected chi connectivity index (χ0v) is 12.5. The summed E-state index contributed by atoms with van der Waals surface area (Å²) in [5, 5.41) is 2.66. The van der Waals surface area contributed by atoms with Crippen molar-refractivity contribution in [2.75, 3.05) is 0 Å². The van der Waals surface area contributed by atoms with E-state index in [9.17, 15) is 4.79 Å². The number of nitrogens with one attached hydrogen (secondary N) is 1. The molecule has 0 unspecified atom stereocenters. The molecule has 2 aromatic heterocycles. The Hall–Kier alpha value is -1.14. The van der Waals surface area contributed by atoms with Gasteiger partial charge in [0.2, 0.25) is 0 Å². The number of hydrogen-bond donors (Lipinski definition) is 1. The summed E-state index contributed by atoms with van der Waals surface area (Å²) in [7, 11) is 0. The Labute approximate surface area is 127 Å². The maximum atomic E-state index is 12.4. The fourth-order valence-electron chi connectivity index (χ4n) is 1.80. The lowest BCUT2D eigenvalue weighted by atomic mass is 10.3. The predicted octanol–water partition coefficient (Wildman–Crippen LogP) is 4.42. The third kappa shape index (κ3) is 2.12. The van der Waals surface area contributed by atoms with E-state index in [1.54, 1.807) is 18.2 Å². The predicted molar refractivity (Wildman–Crippen MR) is 82.6 cm³/mol. The van der Waals surface area contributed by atoms with Gasteiger partial charge in [-0.05, 0) is 41.9 Å². The Bertz CT molecular complexity index is 895. The van der Waals surface area contributed by atoms with Crippen molar-refractivity contribution < 1.29 is 0 Å². The Morgan fingerprint density at radius 2 is 2.00 bits per heavy atom. The molecule has 0 bridgehead atoms. The van der Waals surface area contributed by atoms with Gasteiger partial charge in [0.25, 0.3) is 5.56 Å². The summed E-state index contributed by atoms with van der Waals surface area (Å²) in [5.41, 5.74) is 1.18. The van der Waals surface area contributed by atoms with E-state index in [1.165, 1.54) is 15.9 Å². The molecule has 7 heteroatoms. The molecule has 0 fully saturated rings. The van der Waals surface area contributed by atoms with Crippen molar-refractivity contribution in [3.8, 4) is 5.69 Å². The van der Waals surface area contributed by atoms with E-state index >= 15 is 0 Å². The number of aromatic nitrogens is 2. The van der Waals surface area contributed by atoms with E-state index in [0.717, 1.165) is 5.52 Å². The second-order valence-corrected chi connectivity index (χ2v) is 5.95. The lowest BCUT2D eigenvalue weighted by Crippen LogP contribution is -2.19. The standard InChI is InChI=1S/C12H6Cl2N2OS2/c13-7-2-1-6(5-8(7)14)16-11(17)10-9(3-4-19-10)15-12(16)18/h1-5H,(H,15,18). The van der Waals surface area contributed by atoms with Crippen molar-refractivity contribution >= 4 is 57.0 Å². The first-order valence-electron chi connectivity index (χ1n) is 5.26. The highest BCUT2D eigenvalue weighted by atomic mass is 35.5. The van der Waals surface area contributed by atoms with Gasteiger partial charge in [-0.2, -0.15) is 0 Å². The monoisotopic (exact) mass is 328 g/mol. The van der Waals surface area contributed by atoms with Crippen LogP contribution in [-0.4, -0.2) is 9.55 Å². The van der Waals surface area contributed by atoms with Crippen molar-refractivity contribution in [3.05, 3.63) is 54.8 Å². The third-order valence-electron chi connectivity index (χ3n) is 2.67. The number of hydrogen-bond acceptors (Lipinski definition) is 3. The van der Waals surface area contributed by atoms with Crippen LogP contribution in [-0.2, 0) is 0 Å². The topological polar surface area (TPSA) is 37.8 Å². The second kappa shape index (κ2) is 4.76. The summed E-state index contributed by atoms with van der Waals surface area (Å²) in [4.78, 5) is 15.4. The van der Waals surface area contributed by atoms with Crippen molar-refractivity contribution in [2.45, 2.75) is 0 Å². The minimum Gasteiger partial charge on any atom is -0.331 e. The van der Waals surface area contributed by atoms with Crippen LogP contribution < -0.4 is 5.56 Å². The van der Waals surface area contributed by atoms with Gasteiger partial charge in [0, 0.05) is 0 Å². The molecule has 0 aliphatic carbocycles. The van der Waals surface area contributed by atoms with Crippen LogP contribution in [0.2, 0.25) is 10.0 Å². The number of aromatic amines is 1. The van der Waals surface area contributed by atoms with Gasteiger partial charge in [-0.1, -0.05) is 23.2 Å². The molecule has 0 aliphatic rings. The molecule has 0 spiro atoms. The number of nitrogens with zero attached hydrogens (tertiary/aromatic N) is 1. The minimum atomic E-state index is -0.160. The van der Waals surface area contributed by atoms with E-state index in [2.05, 4.69) is 4.98 Å². The minimum absolute atomic E-state index is 0.160. The Morgan fingerprint density at radius 3 is 2.74 bits per heavy atom. The summed E-state index contributed by atoms with van der Waals surface area (Å²) >= 11 is 18.4. The van der Waals surface area contributed by atoms with E-state index < -0.39 is 0 Å². The lowest BCUT2D eigenvalue weighted by molar-refractivity contribution is 0.944. The van der Waals surface area contributed by atoms with Crippen LogP contribution in [0, 0.1) is 4.77 Å². The fourth-order valence-corrected chi connectivity index (χ4v) is 3.17. The molecule has 0 aliphatic heterocycles. The molecular formula is C12H6Cl2N2OS2. The summed E-state index contributed by atoms with van der Waals surface area (Å²) in [6.07, 6.45) is 0. The highest BCUT2D eigenvalue weighted by molar-refractivity contribution is 7.71. The second-order valence-electron chi connectivity index (χ2n) is 3.83. The smallest absolute Gasteiger partial charge is 0.276 e. The van der Waals surface area contributed by atoms with E-state index in [4.69, 9.17) is 35.4 Å². The van der Waals surface area contributed by atoms with Gasteiger partial charge in [0.05, 0.1) is 21.2 Å². The fraction of sp³-hybridized carbons (Fsp3) is 0. The number of thiophene rings is 1. The molecule has 0 radical (unpaired) electrons. The van der Waals surface area contributed by atoms with Crippen LogP contribution in [0.25, 0.3) is 15.9 Å². The summed E-state index contributed by atoms with van der Waals surface area (Å²) in [6, 6.07) is 6.79. The van der Waals surface area contributed by atoms with Crippen LogP contribution in [0.3, 0.4) is 0 Å². The summed E-state index contributed by atoms with van der Waals surface area (Å²) < 4.78 is 2.37. The molecule has 3 aromatic rings. The van der Waals surface area contributed by atoms with Gasteiger partial charge < -0.3 is 4.98 Å². The third-order valence-corrected chi connectivity index (χ3v) is 4.59. The summed E-state index contributed by atoms with van der Waals surface area (Å²) in [6.45, 7) is 0. The molecular weight excluding hydrogens is 323 g/mol. The van der Waals surface area contributed by atoms with Crippen LogP contribution in [0.4, 0.5) is 0 Å². The Kier molecular flexibility index (Phi) is 3.22. The van der Waals surface area contributed by atoms with E-state index in [-0.39, 0.29) is 5.56 Å². The highest BCUT2D eigenvalue weighted by Gasteiger charge is 2.09. The van der Waals surface area contributed by atoms with E-state index in [1.807, 2.05) is 11.4 Å². The Balaban J connectivity index is 2.38. The highest BCUT2D eigenvalue weighted by Crippen LogP contribution is 2.24. The largest absolute Gasteiger partial charge is 0.331 e. The lowest BCUT2D eigenvalue weighted by Gasteiger charge is -2.07. The number of fused-ring (bicyclic) bond motifs is 1. The average molecular weight is 329 g/mol. The molecule has 19 heavy (non-hydrogen) atoms. The molecule has 3 rings (SSSR count). The molecule has 96 valence electrons. The first-order chi connectivity index (χ1) is 9.08. The number of rotatable bonds is 1. The Morgan fingerprint density at radius 1 is 1.21 bits per heavy atom. The van der Waals surface area contributed by atoms with Gasteiger partial charge in [-0.25, -0.2) is 0 Å². The van der Waals surface area contributed by atoms with Crippen molar-refractivity contribution in [3.63, 3.8) is 0 Å². The van der Waals surface area contributed by atoms with E-state index in [0.29, 0.717) is 25.2 Å². The number of H-pyrrole nitrogens is 1. The molecule has 0 atom stereocenters. The number of halogens is 2. The van der Waals surface area contributed by atoms with Crippen LogP contribution in [0.15, 0.2) is 34.4 Å². The maximum absolute atomic E-state index is 12.4. The molecule has 1 N–H and O–H groups in total. The SMILES string of the molecule is O=c1c2sccc2[nH]c(=S)n1-c1ccc(Cl)c(Cl)c1. The maximum Gasteiger partial charge on any atom is 0.276 e. The summed E-state index contributed by atoms with van der Waals surface area (Å²) in [5.74, 6) is 0. The van der Waals surface area contributed by atoms with Crippen LogP contribution >= 0.6 is 46.8 Å². The zero-order valence-electron chi connectivity index (χ0n) is 9.31. The van der Waals surface area contributed by atoms with Gasteiger partial charge in [-0.3, -0.25) is 9.36 Å². The van der Waals surface area contributed by atoms with Gasteiger partial charge >= 0.3 is 0 Å². The molecule has 1 aromatic carbocycles. The van der Waals surface area contributed by atoms with Crippen LogP contribution in [0.5, 0.6) is 0 Å². The van der Waals surface area contributed by atoms with Gasteiger partial charge in [0.1, 0.15) is 4.70 Å². The van der Waals surface area contributed by atoms with Gasteiger partial charge in [0.15, 0.2) is 4.77 Å². The first kappa shape index (κ1) is 12.9. The molecule has 0 saturated carbocycles. The van der Waals surface area contributed by atoms with Crippen molar-refractivity contribution in [1.29, 1.82) is 0 Å². The molecule has 0 amide bonds.